The number of halogens is 2. The van der Waals surface area contributed by atoms with E-state index in [1.807, 2.05) is 6.07 Å². The zero-order valence-corrected chi connectivity index (χ0v) is 17.7. The van der Waals surface area contributed by atoms with Crippen molar-refractivity contribution < 1.29 is 28.2 Å². The summed E-state index contributed by atoms with van der Waals surface area (Å²) in [6.45, 7) is -0.959. The van der Waals surface area contributed by atoms with Gasteiger partial charge in [0.1, 0.15) is 11.6 Å². The zero-order valence-electron chi connectivity index (χ0n) is 17.7. The second kappa shape index (κ2) is 8.41. The first-order chi connectivity index (χ1) is 16.3. The van der Waals surface area contributed by atoms with Gasteiger partial charge in [0.2, 0.25) is 0 Å². The van der Waals surface area contributed by atoms with Crippen molar-refractivity contribution in [3.63, 3.8) is 0 Å². The van der Waals surface area contributed by atoms with Gasteiger partial charge in [-0.15, -0.1) is 0 Å². The number of hydrogen-bond acceptors (Lipinski definition) is 6. The second-order valence-corrected chi connectivity index (χ2v) is 8.15. The third-order valence-electron chi connectivity index (χ3n) is 5.64. The number of likely N-dealkylation sites (tertiary alicyclic amines) is 1. The number of carbonyl (C=O) groups is 2. The fourth-order valence-corrected chi connectivity index (χ4v) is 3.91. The van der Waals surface area contributed by atoms with Crippen LogP contribution in [0.2, 0.25) is 0 Å². The number of carbonyl (C=O) groups excluding carboxylic acids is 2. The number of aromatic nitrogens is 3. The third kappa shape index (κ3) is 4.29. The molecule has 0 unspecified atom stereocenters. The van der Waals surface area contributed by atoms with Crippen LogP contribution in [0.1, 0.15) is 18.0 Å². The number of anilines is 2. The highest BCUT2D eigenvalue weighted by Crippen LogP contribution is 2.32. The Balaban J connectivity index is 1.26. The van der Waals surface area contributed by atoms with Crippen LogP contribution in [0.3, 0.4) is 0 Å². The van der Waals surface area contributed by atoms with Crippen molar-refractivity contribution in [3.05, 3.63) is 42.1 Å². The Morgan fingerprint density at radius 1 is 1.24 bits per heavy atom. The van der Waals surface area contributed by atoms with Crippen molar-refractivity contribution >= 4 is 34.6 Å². The summed E-state index contributed by atoms with van der Waals surface area (Å²) in [5, 5.41) is 25.5. The molecule has 13 heteroatoms. The summed E-state index contributed by atoms with van der Waals surface area (Å²) in [5.74, 6) is -1.94. The number of aromatic amines is 1. The highest BCUT2D eigenvalue weighted by molar-refractivity contribution is 6.00. The molecule has 0 spiro atoms. The predicted octanol–water partition coefficient (Wildman–Crippen LogP) is 2.45. The van der Waals surface area contributed by atoms with Gasteiger partial charge < -0.3 is 20.1 Å². The Kier molecular flexibility index (Phi) is 5.40. The number of hydrogen-bond donors (Lipinski definition) is 5. The average Bonchev–Trinajstić information content (AvgIpc) is 3.10. The number of aliphatic hydroxyl groups is 1. The molecule has 0 radical (unpaired) electrons. The SMILES string of the molecule is O=C(Nc1cc2[nH]nc(NC(=O)N3CC(F)(F)C3)c2cn1)N[C@H]1c2ccccc2OCC[C@H]1O. The maximum atomic E-state index is 13.0. The maximum absolute atomic E-state index is 13.0. The monoisotopic (exact) mass is 473 g/mol. The summed E-state index contributed by atoms with van der Waals surface area (Å²) < 4.78 is 31.6. The number of pyridine rings is 1. The van der Waals surface area contributed by atoms with Gasteiger partial charge in [0.05, 0.1) is 42.7 Å². The first-order valence-electron chi connectivity index (χ1n) is 10.5. The van der Waals surface area contributed by atoms with E-state index in [1.54, 1.807) is 18.2 Å². The number of alkyl halides is 2. The minimum absolute atomic E-state index is 0.136. The van der Waals surface area contributed by atoms with Crippen molar-refractivity contribution in [3.8, 4) is 5.75 Å². The Morgan fingerprint density at radius 2 is 2.03 bits per heavy atom. The lowest BCUT2D eigenvalue weighted by Crippen LogP contribution is -2.59. The van der Waals surface area contributed by atoms with Gasteiger partial charge in [0.25, 0.3) is 5.92 Å². The van der Waals surface area contributed by atoms with Gasteiger partial charge in [-0.3, -0.25) is 15.7 Å². The molecule has 1 aromatic carbocycles. The van der Waals surface area contributed by atoms with Gasteiger partial charge in [-0.25, -0.2) is 23.4 Å². The highest BCUT2D eigenvalue weighted by Gasteiger charge is 2.46. The van der Waals surface area contributed by atoms with Gasteiger partial charge in [-0.2, -0.15) is 5.10 Å². The van der Waals surface area contributed by atoms with Gasteiger partial charge >= 0.3 is 12.1 Å². The predicted molar refractivity (Wildman–Crippen MR) is 117 cm³/mol. The fourth-order valence-electron chi connectivity index (χ4n) is 3.91. The van der Waals surface area contributed by atoms with Crippen LogP contribution < -0.4 is 20.7 Å². The number of para-hydroxylation sites is 1. The van der Waals surface area contributed by atoms with Gasteiger partial charge in [-0.1, -0.05) is 18.2 Å². The standard InChI is InChI=1S/C21H21F2N7O4/c22-21(23)9-30(10-21)20(33)27-18-12-8-24-16(7-13(12)28-29-18)25-19(32)26-17-11-3-1-2-4-15(11)34-6-5-14(17)31/h1-4,7-8,14,17,31H,5-6,9-10H2,(H2,24,25,26,32)(H2,27,28,29,33)/t14-,17+/m1/s1. The first kappa shape index (κ1) is 21.8. The van der Waals surface area contributed by atoms with Gasteiger partial charge in [0, 0.05) is 24.2 Å². The molecule has 2 aromatic heterocycles. The normalized spacial score (nSPS) is 21.0. The van der Waals surface area contributed by atoms with Crippen LogP contribution in [0.5, 0.6) is 5.75 Å². The quantitative estimate of drug-likeness (QED) is 0.395. The molecule has 4 heterocycles. The van der Waals surface area contributed by atoms with Crippen molar-refractivity contribution in [1.82, 2.24) is 25.4 Å². The number of benzene rings is 1. The number of nitrogens with one attached hydrogen (secondary N) is 4. The van der Waals surface area contributed by atoms with Crippen LogP contribution in [0, 0.1) is 0 Å². The van der Waals surface area contributed by atoms with E-state index in [4.69, 9.17) is 4.74 Å². The van der Waals surface area contributed by atoms with Crippen LogP contribution >= 0.6 is 0 Å². The van der Waals surface area contributed by atoms with Crippen molar-refractivity contribution in [1.29, 1.82) is 0 Å². The molecule has 5 rings (SSSR count). The van der Waals surface area contributed by atoms with E-state index in [-0.39, 0.29) is 11.6 Å². The van der Waals surface area contributed by atoms with Crippen LogP contribution in [-0.4, -0.2) is 69.0 Å². The summed E-state index contributed by atoms with van der Waals surface area (Å²) in [7, 11) is 0. The molecular weight excluding hydrogens is 452 g/mol. The lowest BCUT2D eigenvalue weighted by atomic mass is 10.00. The number of nitrogens with zero attached hydrogens (tertiary/aromatic N) is 3. The third-order valence-corrected chi connectivity index (χ3v) is 5.64. The topological polar surface area (TPSA) is 144 Å². The van der Waals surface area contributed by atoms with Crippen LogP contribution in [0.4, 0.5) is 30.0 Å². The largest absolute Gasteiger partial charge is 0.493 e. The smallest absolute Gasteiger partial charge is 0.323 e. The molecule has 3 aromatic rings. The molecule has 0 saturated carbocycles. The van der Waals surface area contributed by atoms with E-state index in [0.717, 1.165) is 4.90 Å². The molecule has 178 valence electrons. The first-order valence-corrected chi connectivity index (χ1v) is 10.5. The molecule has 0 aliphatic carbocycles. The van der Waals surface area contributed by atoms with Gasteiger partial charge in [-0.05, 0) is 6.07 Å². The molecule has 0 bridgehead atoms. The zero-order chi connectivity index (χ0) is 23.9. The lowest BCUT2D eigenvalue weighted by Gasteiger charge is -2.38. The van der Waals surface area contributed by atoms with Crippen LogP contribution in [-0.2, 0) is 0 Å². The van der Waals surface area contributed by atoms with E-state index in [2.05, 4.69) is 31.1 Å². The Morgan fingerprint density at radius 3 is 2.82 bits per heavy atom. The van der Waals surface area contributed by atoms with Crippen molar-refractivity contribution in [2.75, 3.05) is 30.3 Å². The molecule has 1 saturated heterocycles. The van der Waals surface area contributed by atoms with Crippen LogP contribution in [0.25, 0.3) is 10.9 Å². The average molecular weight is 473 g/mol. The summed E-state index contributed by atoms with van der Waals surface area (Å²) in [6.07, 6.45) is 0.898. The summed E-state index contributed by atoms with van der Waals surface area (Å²) in [6, 6.07) is 6.72. The number of ether oxygens (including phenoxy) is 1. The Labute approximate surface area is 191 Å². The fraction of sp³-hybridized carbons (Fsp3) is 0.333. The van der Waals surface area contributed by atoms with Crippen LogP contribution in [0.15, 0.2) is 36.5 Å². The molecule has 5 N–H and O–H groups in total. The van der Waals surface area contributed by atoms with E-state index >= 15 is 0 Å². The highest BCUT2D eigenvalue weighted by atomic mass is 19.3. The Bertz CT molecular complexity index is 1240. The number of urea groups is 2. The summed E-state index contributed by atoms with van der Waals surface area (Å²) in [4.78, 5) is 29.8. The van der Waals surface area contributed by atoms with E-state index in [0.29, 0.717) is 35.2 Å². The summed E-state index contributed by atoms with van der Waals surface area (Å²) >= 11 is 0. The second-order valence-electron chi connectivity index (χ2n) is 8.15. The molecule has 2 aliphatic rings. The number of rotatable bonds is 3. The Hall–Kier alpha value is -4.00. The minimum Gasteiger partial charge on any atom is -0.493 e. The number of amides is 4. The van der Waals surface area contributed by atoms with Crippen molar-refractivity contribution in [2.45, 2.75) is 24.5 Å². The molecular formula is C21H21F2N7O4. The molecule has 1 fully saturated rings. The molecule has 2 aliphatic heterocycles. The molecule has 34 heavy (non-hydrogen) atoms. The number of aliphatic hydroxyl groups excluding tert-OH is 1. The number of H-pyrrole nitrogens is 1. The lowest BCUT2D eigenvalue weighted by molar-refractivity contribution is -0.107. The maximum Gasteiger partial charge on any atom is 0.323 e. The summed E-state index contributed by atoms with van der Waals surface area (Å²) in [5.41, 5.74) is 1.13. The molecule has 2 atom stereocenters. The molecule has 4 amide bonds. The van der Waals surface area contributed by atoms with E-state index < -0.39 is 43.2 Å². The molecule has 11 nitrogen and oxygen atoms in total. The number of fused-ring (bicyclic) bond motifs is 2. The van der Waals surface area contributed by atoms with E-state index in [9.17, 15) is 23.5 Å². The van der Waals surface area contributed by atoms with E-state index in [1.165, 1.54) is 12.3 Å². The minimum atomic E-state index is -2.87. The van der Waals surface area contributed by atoms with Gasteiger partial charge in [0.15, 0.2) is 5.82 Å². The van der Waals surface area contributed by atoms with Crippen molar-refractivity contribution in [2.24, 2.45) is 0 Å².